The molecule has 8 heteroatoms. The summed E-state index contributed by atoms with van der Waals surface area (Å²) in [6, 6.07) is 7.37. The van der Waals surface area contributed by atoms with Gasteiger partial charge in [0.25, 0.3) is 0 Å². The molecule has 2 amide bonds. The van der Waals surface area contributed by atoms with Crippen LogP contribution in [0.5, 0.6) is 5.75 Å². The van der Waals surface area contributed by atoms with Gasteiger partial charge in [0.2, 0.25) is 11.8 Å². The molecule has 0 fully saturated rings. The molecule has 130 valence electrons. The van der Waals surface area contributed by atoms with Crippen LogP contribution in [0, 0.1) is 0 Å². The van der Waals surface area contributed by atoms with Gasteiger partial charge in [0.1, 0.15) is 5.75 Å². The Bertz CT molecular complexity index is 478. The monoisotopic (exact) mass is 345 g/mol. The van der Waals surface area contributed by atoms with E-state index in [4.69, 9.17) is 15.2 Å². The lowest BCUT2D eigenvalue weighted by atomic mass is 10.2. The number of rotatable bonds is 9. The van der Waals surface area contributed by atoms with E-state index in [0.717, 1.165) is 11.3 Å². The molecule has 0 aliphatic carbocycles. The van der Waals surface area contributed by atoms with Crippen molar-refractivity contribution < 1.29 is 19.1 Å². The highest BCUT2D eigenvalue weighted by molar-refractivity contribution is 5.85. The van der Waals surface area contributed by atoms with Gasteiger partial charge in [-0.05, 0) is 17.7 Å². The van der Waals surface area contributed by atoms with Crippen LogP contribution in [0.4, 0.5) is 0 Å². The zero-order valence-electron chi connectivity index (χ0n) is 13.3. The Morgan fingerprint density at radius 2 is 1.78 bits per heavy atom. The van der Waals surface area contributed by atoms with E-state index in [1.54, 1.807) is 7.11 Å². The minimum absolute atomic E-state index is 0. The van der Waals surface area contributed by atoms with Crippen molar-refractivity contribution in [3.05, 3.63) is 29.8 Å². The number of nitrogens with one attached hydrogen (secondary N) is 2. The SMILES string of the molecule is COc1ccc(CNC(=O)CNC(=O)CC(CN)OC)cc1.Cl. The van der Waals surface area contributed by atoms with Crippen LogP contribution in [0.15, 0.2) is 24.3 Å². The van der Waals surface area contributed by atoms with Crippen molar-refractivity contribution in [1.29, 1.82) is 0 Å². The summed E-state index contributed by atoms with van der Waals surface area (Å²) in [6.07, 6.45) is -0.193. The lowest BCUT2D eigenvalue weighted by Crippen LogP contribution is -2.38. The van der Waals surface area contributed by atoms with Crippen molar-refractivity contribution in [3.63, 3.8) is 0 Å². The zero-order valence-corrected chi connectivity index (χ0v) is 14.2. The molecule has 7 nitrogen and oxygen atoms in total. The van der Waals surface area contributed by atoms with Crippen molar-refractivity contribution in [1.82, 2.24) is 10.6 Å². The maximum absolute atomic E-state index is 11.7. The standard InChI is InChI=1S/C15H23N3O4.ClH/c1-21-12-5-3-11(4-6-12)9-17-15(20)10-18-14(19)7-13(8-16)22-2;/h3-6,13H,7-10,16H2,1-2H3,(H,17,20)(H,18,19);1H. The molecule has 0 radical (unpaired) electrons. The molecule has 1 aromatic carbocycles. The van der Waals surface area contributed by atoms with Crippen molar-refractivity contribution >= 4 is 24.2 Å². The molecule has 0 bridgehead atoms. The molecule has 1 rings (SSSR count). The highest BCUT2D eigenvalue weighted by Crippen LogP contribution is 2.10. The molecule has 4 N–H and O–H groups in total. The Balaban J connectivity index is 0.00000484. The third kappa shape index (κ3) is 8.39. The number of carbonyl (C=O) groups is 2. The molecule has 1 aromatic rings. The summed E-state index contributed by atoms with van der Waals surface area (Å²) in [5.41, 5.74) is 6.37. The average Bonchev–Trinajstić information content (AvgIpc) is 2.56. The Morgan fingerprint density at radius 3 is 2.30 bits per heavy atom. The summed E-state index contributed by atoms with van der Waals surface area (Å²) in [6.45, 7) is 0.575. The summed E-state index contributed by atoms with van der Waals surface area (Å²) < 4.78 is 10.1. The molecular formula is C15H24ClN3O4. The third-order valence-corrected chi connectivity index (χ3v) is 3.10. The van der Waals surface area contributed by atoms with E-state index in [0.29, 0.717) is 6.54 Å². The minimum Gasteiger partial charge on any atom is -0.497 e. The summed E-state index contributed by atoms with van der Waals surface area (Å²) >= 11 is 0. The van der Waals surface area contributed by atoms with Crippen LogP contribution in [0.1, 0.15) is 12.0 Å². The Hall–Kier alpha value is -1.83. The lowest BCUT2D eigenvalue weighted by molar-refractivity contribution is -0.127. The van der Waals surface area contributed by atoms with Gasteiger partial charge in [-0.3, -0.25) is 9.59 Å². The van der Waals surface area contributed by atoms with Crippen molar-refractivity contribution in [3.8, 4) is 5.75 Å². The summed E-state index contributed by atoms with van der Waals surface area (Å²) in [4.78, 5) is 23.2. The number of methoxy groups -OCH3 is 2. The van der Waals surface area contributed by atoms with Crippen molar-refractivity contribution in [2.24, 2.45) is 5.73 Å². The van der Waals surface area contributed by atoms with Crippen molar-refractivity contribution in [2.45, 2.75) is 19.1 Å². The smallest absolute Gasteiger partial charge is 0.239 e. The molecule has 1 unspecified atom stereocenters. The zero-order chi connectivity index (χ0) is 16.4. The van der Waals surface area contributed by atoms with Gasteiger partial charge in [-0.2, -0.15) is 0 Å². The Kier molecular flexibility index (Phi) is 10.8. The Morgan fingerprint density at radius 1 is 1.13 bits per heavy atom. The van der Waals surface area contributed by atoms with Gasteiger partial charge in [-0.1, -0.05) is 12.1 Å². The highest BCUT2D eigenvalue weighted by Gasteiger charge is 2.12. The molecule has 0 aliphatic rings. The van der Waals surface area contributed by atoms with Gasteiger partial charge in [0.15, 0.2) is 0 Å². The first-order valence-corrected chi connectivity index (χ1v) is 6.98. The van der Waals surface area contributed by atoms with Crippen LogP contribution in [-0.4, -0.2) is 45.2 Å². The topological polar surface area (TPSA) is 103 Å². The van der Waals surface area contributed by atoms with Gasteiger partial charge in [0, 0.05) is 20.2 Å². The fourth-order valence-corrected chi connectivity index (χ4v) is 1.73. The number of carbonyl (C=O) groups excluding carboxylic acids is 2. The number of amides is 2. The Labute approximate surface area is 142 Å². The molecule has 0 spiro atoms. The third-order valence-electron chi connectivity index (χ3n) is 3.10. The number of halogens is 1. The van der Waals surface area contributed by atoms with E-state index in [9.17, 15) is 9.59 Å². The van der Waals surface area contributed by atoms with E-state index >= 15 is 0 Å². The van der Waals surface area contributed by atoms with Gasteiger partial charge < -0.3 is 25.8 Å². The summed E-state index contributed by atoms with van der Waals surface area (Å²) in [5, 5.41) is 5.25. The lowest BCUT2D eigenvalue weighted by Gasteiger charge is -2.12. The minimum atomic E-state index is -0.331. The first-order chi connectivity index (χ1) is 10.6. The number of hydrogen-bond donors (Lipinski definition) is 3. The average molecular weight is 346 g/mol. The molecule has 0 saturated carbocycles. The summed E-state index contributed by atoms with van der Waals surface area (Å²) in [7, 11) is 3.09. The molecule has 0 aromatic heterocycles. The maximum atomic E-state index is 11.7. The van der Waals surface area contributed by atoms with Crippen LogP contribution in [0.2, 0.25) is 0 Å². The van der Waals surface area contributed by atoms with Gasteiger partial charge in [-0.15, -0.1) is 12.4 Å². The number of ether oxygens (including phenoxy) is 2. The predicted octanol–water partition coefficient (Wildman–Crippen LogP) is 0.213. The van der Waals surface area contributed by atoms with Gasteiger partial charge in [-0.25, -0.2) is 0 Å². The number of nitrogens with two attached hydrogens (primary N) is 1. The molecule has 0 heterocycles. The van der Waals surface area contributed by atoms with E-state index in [2.05, 4.69) is 10.6 Å². The quantitative estimate of drug-likeness (QED) is 0.594. The molecular weight excluding hydrogens is 322 g/mol. The largest absolute Gasteiger partial charge is 0.497 e. The maximum Gasteiger partial charge on any atom is 0.239 e. The van der Waals surface area contributed by atoms with E-state index in [1.807, 2.05) is 24.3 Å². The second-order valence-electron chi connectivity index (χ2n) is 4.70. The van der Waals surface area contributed by atoms with Crippen LogP contribution < -0.4 is 21.1 Å². The highest BCUT2D eigenvalue weighted by atomic mass is 35.5. The molecule has 0 saturated heterocycles. The van der Waals surface area contributed by atoms with E-state index in [1.165, 1.54) is 7.11 Å². The van der Waals surface area contributed by atoms with Crippen LogP contribution in [0.25, 0.3) is 0 Å². The number of benzene rings is 1. The molecule has 0 aliphatic heterocycles. The fourth-order valence-electron chi connectivity index (χ4n) is 1.73. The van der Waals surface area contributed by atoms with Gasteiger partial charge >= 0.3 is 0 Å². The summed E-state index contributed by atoms with van der Waals surface area (Å²) in [5.74, 6) is 0.234. The van der Waals surface area contributed by atoms with E-state index in [-0.39, 0.29) is 49.8 Å². The van der Waals surface area contributed by atoms with Crippen LogP contribution in [-0.2, 0) is 20.9 Å². The molecule has 23 heavy (non-hydrogen) atoms. The molecule has 1 atom stereocenters. The first-order valence-electron chi connectivity index (χ1n) is 6.98. The first kappa shape index (κ1) is 21.2. The second kappa shape index (κ2) is 11.7. The van der Waals surface area contributed by atoms with Crippen LogP contribution >= 0.6 is 12.4 Å². The van der Waals surface area contributed by atoms with Crippen molar-refractivity contribution in [2.75, 3.05) is 27.3 Å². The fraction of sp³-hybridized carbons (Fsp3) is 0.467. The van der Waals surface area contributed by atoms with Crippen LogP contribution in [0.3, 0.4) is 0 Å². The normalized spacial score (nSPS) is 11.1. The predicted molar refractivity (Wildman–Crippen MR) is 89.6 cm³/mol. The number of hydrogen-bond acceptors (Lipinski definition) is 5. The van der Waals surface area contributed by atoms with E-state index < -0.39 is 0 Å². The second-order valence-corrected chi connectivity index (χ2v) is 4.70. The van der Waals surface area contributed by atoms with Gasteiger partial charge in [0.05, 0.1) is 26.2 Å².